The Hall–Kier alpha value is -2.34. The monoisotopic (exact) mass is 286 g/mol. The fourth-order valence-corrected chi connectivity index (χ4v) is 3.09. The van der Waals surface area contributed by atoms with Gasteiger partial charge in [0.05, 0.1) is 0 Å². The molecular formula is C22H22. The highest BCUT2D eigenvalue weighted by atomic mass is 14.2. The average molecular weight is 286 g/mol. The van der Waals surface area contributed by atoms with Crippen LogP contribution in [0, 0.1) is 6.92 Å². The Morgan fingerprint density at radius 2 is 1.41 bits per heavy atom. The van der Waals surface area contributed by atoms with E-state index < -0.39 is 0 Å². The number of hydrogen-bond acceptors (Lipinski definition) is 0. The lowest BCUT2D eigenvalue weighted by Gasteiger charge is -2.05. The van der Waals surface area contributed by atoms with Gasteiger partial charge in [-0.15, -0.1) is 0 Å². The van der Waals surface area contributed by atoms with Crippen LogP contribution < -0.4 is 0 Å². The first-order valence-electron chi connectivity index (χ1n) is 8.00. The minimum atomic E-state index is 1.12. The standard InChI is InChI=1S/C15H14.C7H8/c1-2-11-7-5-9-14-13-8-4-3-6-12(13)10-15(11)14;1-7-5-3-2-4-6-7/h3-9H,2,10H2,1H3;2-6H,1H3. The van der Waals surface area contributed by atoms with Crippen LogP contribution in [0.4, 0.5) is 0 Å². The van der Waals surface area contributed by atoms with Gasteiger partial charge in [0.25, 0.3) is 0 Å². The minimum absolute atomic E-state index is 1.12. The zero-order valence-electron chi connectivity index (χ0n) is 13.3. The van der Waals surface area contributed by atoms with E-state index in [-0.39, 0.29) is 0 Å². The van der Waals surface area contributed by atoms with Crippen molar-refractivity contribution in [2.45, 2.75) is 26.7 Å². The Bertz CT molecular complexity index is 754. The van der Waals surface area contributed by atoms with Crippen molar-refractivity contribution in [3.8, 4) is 11.1 Å². The van der Waals surface area contributed by atoms with E-state index in [1.54, 1.807) is 5.56 Å². The third-order valence-corrected chi connectivity index (χ3v) is 4.27. The molecule has 3 aromatic carbocycles. The zero-order chi connectivity index (χ0) is 15.4. The van der Waals surface area contributed by atoms with Crippen LogP contribution in [0.5, 0.6) is 0 Å². The van der Waals surface area contributed by atoms with Crippen molar-refractivity contribution in [3.05, 3.63) is 95.1 Å². The molecule has 3 aromatic rings. The molecule has 0 bridgehead atoms. The van der Waals surface area contributed by atoms with Gasteiger partial charge in [-0.3, -0.25) is 0 Å². The maximum atomic E-state index is 2.25. The average Bonchev–Trinajstić information content (AvgIpc) is 2.95. The molecule has 0 fully saturated rings. The quantitative estimate of drug-likeness (QED) is 0.414. The lowest BCUT2D eigenvalue weighted by Crippen LogP contribution is -1.89. The topological polar surface area (TPSA) is 0 Å². The van der Waals surface area contributed by atoms with Gasteiger partial charge in [-0.25, -0.2) is 0 Å². The molecule has 0 aromatic heterocycles. The van der Waals surface area contributed by atoms with Crippen LogP contribution in [-0.2, 0) is 12.8 Å². The molecular weight excluding hydrogens is 264 g/mol. The third kappa shape index (κ3) is 2.96. The summed E-state index contributed by atoms with van der Waals surface area (Å²) in [5.74, 6) is 0. The summed E-state index contributed by atoms with van der Waals surface area (Å²) in [5, 5.41) is 0. The smallest absolute Gasteiger partial charge is 0.00107 e. The van der Waals surface area contributed by atoms with Crippen molar-refractivity contribution >= 4 is 0 Å². The van der Waals surface area contributed by atoms with Crippen LogP contribution >= 0.6 is 0 Å². The molecule has 0 amide bonds. The van der Waals surface area contributed by atoms with E-state index in [1.807, 2.05) is 18.2 Å². The van der Waals surface area contributed by atoms with E-state index in [4.69, 9.17) is 0 Å². The number of benzene rings is 3. The lowest BCUT2D eigenvalue weighted by atomic mass is 10.00. The maximum absolute atomic E-state index is 2.25. The molecule has 0 N–H and O–H groups in total. The summed E-state index contributed by atoms with van der Waals surface area (Å²) in [6.07, 6.45) is 2.26. The van der Waals surface area contributed by atoms with Gasteiger partial charge in [0.15, 0.2) is 0 Å². The number of aryl methyl sites for hydroxylation is 2. The van der Waals surface area contributed by atoms with Crippen LogP contribution in [-0.4, -0.2) is 0 Å². The SMILES string of the molecule is CCc1cccc2c1Cc1ccccc1-2.Cc1ccccc1. The number of fused-ring (bicyclic) bond motifs is 3. The Balaban J connectivity index is 0.000000174. The molecule has 0 nitrogen and oxygen atoms in total. The van der Waals surface area contributed by atoms with Crippen LogP contribution in [0.2, 0.25) is 0 Å². The molecule has 0 saturated heterocycles. The van der Waals surface area contributed by atoms with Gasteiger partial charge in [-0.1, -0.05) is 85.3 Å². The molecule has 0 unspecified atom stereocenters. The molecule has 4 rings (SSSR count). The van der Waals surface area contributed by atoms with Crippen molar-refractivity contribution in [2.75, 3.05) is 0 Å². The Labute approximate surface area is 133 Å². The first-order valence-corrected chi connectivity index (χ1v) is 8.00. The van der Waals surface area contributed by atoms with Gasteiger partial charge >= 0.3 is 0 Å². The van der Waals surface area contributed by atoms with Crippen LogP contribution in [0.3, 0.4) is 0 Å². The largest absolute Gasteiger partial charge is 0.0622 e. The number of rotatable bonds is 1. The van der Waals surface area contributed by atoms with Gasteiger partial charge in [0, 0.05) is 0 Å². The van der Waals surface area contributed by atoms with Gasteiger partial charge in [0.1, 0.15) is 0 Å². The van der Waals surface area contributed by atoms with Crippen molar-refractivity contribution in [1.82, 2.24) is 0 Å². The Morgan fingerprint density at radius 3 is 2.09 bits per heavy atom. The minimum Gasteiger partial charge on any atom is -0.0622 e. The van der Waals surface area contributed by atoms with Crippen LogP contribution in [0.1, 0.15) is 29.2 Å². The lowest BCUT2D eigenvalue weighted by molar-refractivity contribution is 1.08. The fourth-order valence-electron chi connectivity index (χ4n) is 3.09. The fraction of sp³-hybridized carbons (Fsp3) is 0.182. The van der Waals surface area contributed by atoms with Gasteiger partial charge < -0.3 is 0 Å². The summed E-state index contributed by atoms with van der Waals surface area (Å²) in [7, 11) is 0. The van der Waals surface area contributed by atoms with Gasteiger partial charge in [-0.2, -0.15) is 0 Å². The molecule has 110 valence electrons. The van der Waals surface area contributed by atoms with E-state index in [0.29, 0.717) is 0 Å². The Kier molecular flexibility index (Phi) is 4.39. The molecule has 0 radical (unpaired) electrons. The maximum Gasteiger partial charge on any atom is -0.00107 e. The van der Waals surface area contributed by atoms with Crippen molar-refractivity contribution in [1.29, 1.82) is 0 Å². The van der Waals surface area contributed by atoms with E-state index in [1.165, 1.54) is 27.8 Å². The van der Waals surface area contributed by atoms with Gasteiger partial charge in [0.2, 0.25) is 0 Å². The molecule has 0 saturated carbocycles. The third-order valence-electron chi connectivity index (χ3n) is 4.27. The molecule has 1 aliphatic rings. The molecule has 0 heterocycles. The molecule has 1 aliphatic carbocycles. The predicted octanol–water partition coefficient (Wildman–Crippen LogP) is 5.82. The summed E-state index contributed by atoms with van der Waals surface area (Å²) >= 11 is 0. The van der Waals surface area contributed by atoms with E-state index >= 15 is 0 Å². The molecule has 0 spiro atoms. The van der Waals surface area contributed by atoms with Crippen LogP contribution in [0.25, 0.3) is 11.1 Å². The molecule has 0 aliphatic heterocycles. The second kappa shape index (κ2) is 6.62. The highest BCUT2D eigenvalue weighted by Gasteiger charge is 2.19. The highest BCUT2D eigenvalue weighted by molar-refractivity contribution is 5.77. The summed E-state index contributed by atoms with van der Waals surface area (Å²) in [5.41, 5.74) is 8.73. The molecule has 22 heavy (non-hydrogen) atoms. The Morgan fingerprint density at radius 1 is 0.727 bits per heavy atom. The van der Waals surface area contributed by atoms with Crippen molar-refractivity contribution in [3.63, 3.8) is 0 Å². The summed E-state index contributed by atoms with van der Waals surface area (Å²) < 4.78 is 0. The first kappa shape index (κ1) is 14.6. The van der Waals surface area contributed by atoms with E-state index in [9.17, 15) is 0 Å². The highest BCUT2D eigenvalue weighted by Crippen LogP contribution is 2.37. The second-order valence-corrected chi connectivity index (χ2v) is 5.79. The van der Waals surface area contributed by atoms with Crippen molar-refractivity contribution < 1.29 is 0 Å². The predicted molar refractivity (Wildman–Crippen MR) is 95.2 cm³/mol. The molecule has 0 atom stereocenters. The van der Waals surface area contributed by atoms with Crippen LogP contribution in [0.15, 0.2) is 72.8 Å². The summed E-state index contributed by atoms with van der Waals surface area (Å²) in [6, 6.07) is 25.7. The normalized spacial score (nSPS) is 11.2. The zero-order valence-corrected chi connectivity index (χ0v) is 13.3. The molecule has 0 heteroatoms. The second-order valence-electron chi connectivity index (χ2n) is 5.79. The van der Waals surface area contributed by atoms with Crippen molar-refractivity contribution in [2.24, 2.45) is 0 Å². The summed E-state index contributed by atoms with van der Waals surface area (Å²) in [6.45, 7) is 4.32. The first-order chi connectivity index (χ1) is 10.8. The number of hydrogen-bond donors (Lipinski definition) is 0. The summed E-state index contributed by atoms with van der Waals surface area (Å²) in [4.78, 5) is 0. The van der Waals surface area contributed by atoms with Gasteiger partial charge in [-0.05, 0) is 47.6 Å². The van der Waals surface area contributed by atoms with E-state index in [2.05, 4.69) is 68.4 Å². The van der Waals surface area contributed by atoms with E-state index in [0.717, 1.165) is 12.8 Å².